The molecule has 0 bridgehead atoms. The molecule has 1 saturated heterocycles. The number of aliphatic imine (C=N–C) groups is 1. The molecule has 2 aliphatic rings. The summed E-state index contributed by atoms with van der Waals surface area (Å²) in [6.07, 6.45) is 1.09. The second-order valence-corrected chi connectivity index (χ2v) is 7.45. The molecule has 2 nitrogen and oxygen atoms in total. The monoisotopic (exact) mass is 328 g/mol. The summed E-state index contributed by atoms with van der Waals surface area (Å²) in [6.45, 7) is 0.678. The van der Waals surface area contributed by atoms with Crippen molar-refractivity contribution in [2.45, 2.75) is 13.0 Å². The summed E-state index contributed by atoms with van der Waals surface area (Å²) in [5.74, 6) is 3.45. The molecule has 1 N–H and O–H groups in total. The third-order valence-electron chi connectivity index (χ3n) is 4.37. The van der Waals surface area contributed by atoms with Crippen molar-refractivity contribution >= 4 is 34.9 Å². The van der Waals surface area contributed by atoms with Crippen LogP contribution in [0.3, 0.4) is 0 Å². The van der Waals surface area contributed by atoms with Gasteiger partial charge >= 0.3 is 0 Å². The third kappa shape index (κ3) is 2.53. The zero-order chi connectivity index (χ0) is 15.0. The fourth-order valence-electron chi connectivity index (χ4n) is 3.10. The van der Waals surface area contributed by atoms with Crippen molar-refractivity contribution in [2.24, 2.45) is 10.4 Å². The van der Waals surface area contributed by atoms with Gasteiger partial charge in [0.1, 0.15) is 5.84 Å². The van der Waals surface area contributed by atoms with Gasteiger partial charge in [0.15, 0.2) is 0 Å². The molecule has 112 valence electrons. The van der Waals surface area contributed by atoms with E-state index in [2.05, 4.69) is 35.6 Å². The fraction of sp³-hybridized carbons (Fsp3) is 0.278. The molecule has 2 aromatic rings. The molecule has 4 heteroatoms. The molecular formula is C18H17ClN2S. The Labute approximate surface area is 140 Å². The van der Waals surface area contributed by atoms with Crippen LogP contribution in [-0.2, 0) is 13.0 Å². The number of nitrogens with one attached hydrogen (secondary N) is 1. The highest BCUT2D eigenvalue weighted by atomic mass is 35.5. The quantitative estimate of drug-likeness (QED) is 0.868. The molecule has 1 fully saturated rings. The van der Waals surface area contributed by atoms with Gasteiger partial charge in [0, 0.05) is 22.2 Å². The molecule has 2 aromatic carbocycles. The first kappa shape index (κ1) is 14.2. The van der Waals surface area contributed by atoms with E-state index in [9.17, 15) is 0 Å². The van der Waals surface area contributed by atoms with Crippen molar-refractivity contribution < 1.29 is 0 Å². The number of hydrogen-bond acceptors (Lipinski definition) is 2. The second kappa shape index (κ2) is 5.64. The van der Waals surface area contributed by atoms with Crippen molar-refractivity contribution in [1.82, 2.24) is 0 Å². The molecule has 4 rings (SSSR count). The van der Waals surface area contributed by atoms with Crippen LogP contribution in [0.4, 0.5) is 5.69 Å². The van der Waals surface area contributed by atoms with Crippen LogP contribution in [0.2, 0.25) is 5.02 Å². The summed E-state index contributed by atoms with van der Waals surface area (Å²) in [7, 11) is 0. The Balaban J connectivity index is 1.63. The van der Waals surface area contributed by atoms with Gasteiger partial charge in [0.25, 0.3) is 0 Å². The lowest BCUT2D eigenvalue weighted by Gasteiger charge is -2.45. The van der Waals surface area contributed by atoms with Gasteiger partial charge in [-0.1, -0.05) is 41.9 Å². The highest BCUT2D eigenvalue weighted by Gasteiger charge is 2.45. The molecule has 0 aromatic heterocycles. The molecule has 0 radical (unpaired) electrons. The van der Waals surface area contributed by atoms with E-state index in [-0.39, 0.29) is 5.41 Å². The van der Waals surface area contributed by atoms with Crippen LogP contribution in [0, 0.1) is 5.41 Å². The number of thioether (sulfide) groups is 1. The lowest BCUT2D eigenvalue weighted by molar-refractivity contribution is 0.502. The predicted molar refractivity (Wildman–Crippen MR) is 96.1 cm³/mol. The summed E-state index contributed by atoms with van der Waals surface area (Å²) in [5, 5.41) is 4.35. The van der Waals surface area contributed by atoms with E-state index >= 15 is 0 Å². The fourth-order valence-corrected chi connectivity index (χ4v) is 4.49. The van der Waals surface area contributed by atoms with Crippen LogP contribution in [0.5, 0.6) is 0 Å². The van der Waals surface area contributed by atoms with E-state index < -0.39 is 0 Å². The number of hydrogen-bond donors (Lipinski definition) is 1. The van der Waals surface area contributed by atoms with Crippen molar-refractivity contribution in [3.05, 3.63) is 64.7 Å². The predicted octanol–water partition coefficient (Wildman–Crippen LogP) is 4.64. The van der Waals surface area contributed by atoms with Crippen molar-refractivity contribution in [2.75, 3.05) is 16.8 Å². The Hall–Kier alpha value is -1.45. The molecule has 2 heterocycles. The first-order valence-electron chi connectivity index (χ1n) is 7.47. The van der Waals surface area contributed by atoms with Gasteiger partial charge in [-0.15, -0.1) is 0 Å². The minimum Gasteiger partial charge on any atom is -0.343 e. The van der Waals surface area contributed by atoms with E-state index in [1.807, 2.05) is 30.0 Å². The molecule has 0 saturated carbocycles. The maximum Gasteiger partial charge on any atom is 0.109 e. The average Bonchev–Trinajstić information content (AvgIpc) is 2.50. The molecule has 0 atom stereocenters. The van der Waals surface area contributed by atoms with E-state index in [0.29, 0.717) is 6.54 Å². The van der Waals surface area contributed by atoms with Crippen molar-refractivity contribution in [1.29, 1.82) is 0 Å². The number of halogens is 1. The second-order valence-electron chi connectivity index (χ2n) is 6.03. The van der Waals surface area contributed by atoms with E-state index in [0.717, 1.165) is 34.3 Å². The van der Waals surface area contributed by atoms with E-state index in [1.54, 1.807) is 0 Å². The van der Waals surface area contributed by atoms with E-state index in [1.165, 1.54) is 11.3 Å². The Bertz CT molecular complexity index is 737. The highest BCUT2D eigenvalue weighted by molar-refractivity contribution is 8.00. The molecule has 0 amide bonds. The number of rotatable bonds is 2. The Morgan fingerprint density at radius 3 is 2.77 bits per heavy atom. The molecule has 0 unspecified atom stereocenters. The summed E-state index contributed by atoms with van der Waals surface area (Å²) in [5.41, 5.74) is 3.97. The Morgan fingerprint density at radius 1 is 1.14 bits per heavy atom. The van der Waals surface area contributed by atoms with E-state index in [4.69, 9.17) is 16.6 Å². The van der Waals surface area contributed by atoms with Crippen LogP contribution in [-0.4, -0.2) is 17.3 Å². The lowest BCUT2D eigenvalue weighted by atomic mass is 9.79. The van der Waals surface area contributed by atoms with Gasteiger partial charge < -0.3 is 5.32 Å². The molecule has 1 spiro atoms. The average molecular weight is 329 g/mol. The smallest absolute Gasteiger partial charge is 0.109 e. The summed E-state index contributed by atoms with van der Waals surface area (Å²) < 4.78 is 0. The Kier molecular flexibility index (Phi) is 3.63. The molecule has 0 aliphatic carbocycles. The lowest BCUT2D eigenvalue weighted by Crippen LogP contribution is -2.51. The SMILES string of the molecule is Clc1cccc(CN=C2Nc3ccccc3CC23CSC3)c1. The van der Waals surface area contributed by atoms with Gasteiger partial charge in [-0.05, 0) is 35.7 Å². The Morgan fingerprint density at radius 2 is 2.00 bits per heavy atom. The molecule has 22 heavy (non-hydrogen) atoms. The van der Waals surface area contributed by atoms with Gasteiger partial charge in [-0.25, -0.2) is 0 Å². The minimum atomic E-state index is 0.206. The zero-order valence-electron chi connectivity index (χ0n) is 12.2. The van der Waals surface area contributed by atoms with Crippen LogP contribution < -0.4 is 5.32 Å². The number of fused-ring (bicyclic) bond motifs is 1. The van der Waals surface area contributed by atoms with Crippen molar-refractivity contribution in [3.63, 3.8) is 0 Å². The topological polar surface area (TPSA) is 24.4 Å². The zero-order valence-corrected chi connectivity index (χ0v) is 13.8. The number of para-hydroxylation sites is 1. The molecular weight excluding hydrogens is 312 g/mol. The van der Waals surface area contributed by atoms with Gasteiger partial charge in [0.05, 0.1) is 12.0 Å². The normalized spacial score (nSPS) is 20.3. The minimum absolute atomic E-state index is 0.206. The van der Waals surface area contributed by atoms with Crippen LogP contribution in [0.15, 0.2) is 53.5 Å². The summed E-state index contributed by atoms with van der Waals surface area (Å²) in [6, 6.07) is 16.5. The first-order valence-corrected chi connectivity index (χ1v) is 9.01. The van der Waals surface area contributed by atoms with Crippen molar-refractivity contribution in [3.8, 4) is 0 Å². The highest BCUT2D eigenvalue weighted by Crippen LogP contribution is 2.46. The van der Waals surface area contributed by atoms with Gasteiger partial charge in [-0.2, -0.15) is 11.8 Å². The summed E-state index contributed by atoms with van der Waals surface area (Å²) in [4.78, 5) is 4.90. The van der Waals surface area contributed by atoms with Crippen LogP contribution in [0.1, 0.15) is 11.1 Å². The standard InChI is InChI=1S/C18H17ClN2S/c19-15-6-3-4-13(8-15)10-20-17-18(11-22-12-18)9-14-5-1-2-7-16(14)21-17/h1-8H,9-12H2,(H,20,21). The molecule has 2 aliphatic heterocycles. The number of nitrogens with zero attached hydrogens (tertiary/aromatic N) is 1. The largest absolute Gasteiger partial charge is 0.343 e. The maximum atomic E-state index is 6.06. The van der Waals surface area contributed by atoms with Gasteiger partial charge in [-0.3, -0.25) is 4.99 Å². The first-order chi connectivity index (χ1) is 10.8. The van der Waals surface area contributed by atoms with Gasteiger partial charge in [0.2, 0.25) is 0 Å². The van der Waals surface area contributed by atoms with Crippen LogP contribution in [0.25, 0.3) is 0 Å². The van der Waals surface area contributed by atoms with Crippen LogP contribution >= 0.6 is 23.4 Å². The number of amidine groups is 1. The number of anilines is 1. The maximum absolute atomic E-state index is 6.06. The number of benzene rings is 2. The summed E-state index contributed by atoms with van der Waals surface area (Å²) >= 11 is 8.06. The third-order valence-corrected chi connectivity index (χ3v) is 6.12.